The summed E-state index contributed by atoms with van der Waals surface area (Å²) in [5, 5.41) is 2.77. The average molecular weight is 239 g/mol. The molecule has 0 aliphatic carbocycles. The number of amides is 1. The third-order valence-electron chi connectivity index (χ3n) is 3.57. The summed E-state index contributed by atoms with van der Waals surface area (Å²) >= 11 is 0. The van der Waals surface area contributed by atoms with Gasteiger partial charge in [0.25, 0.3) is 0 Å². The first-order chi connectivity index (χ1) is 7.99. The van der Waals surface area contributed by atoms with Crippen molar-refractivity contribution in [3.8, 4) is 0 Å². The molecule has 1 aliphatic heterocycles. The first kappa shape index (κ1) is 12.0. The molecule has 1 amide bonds. The molecule has 1 aromatic carbocycles. The quantitative estimate of drug-likeness (QED) is 0.844. The van der Waals surface area contributed by atoms with E-state index >= 15 is 0 Å². The number of hydrogen-bond donors (Lipinski definition) is 1. The summed E-state index contributed by atoms with van der Waals surface area (Å²) in [6, 6.07) is 3.59. The number of halogens is 2. The lowest BCUT2D eigenvalue weighted by Crippen LogP contribution is -2.39. The molecule has 1 N–H and O–H groups in total. The molecule has 0 spiro atoms. The van der Waals surface area contributed by atoms with E-state index in [1.165, 1.54) is 18.2 Å². The fourth-order valence-corrected chi connectivity index (χ4v) is 2.72. The zero-order valence-corrected chi connectivity index (χ0v) is 9.89. The Kier molecular flexibility index (Phi) is 2.89. The van der Waals surface area contributed by atoms with Gasteiger partial charge in [-0.1, -0.05) is 19.9 Å². The van der Waals surface area contributed by atoms with Gasteiger partial charge >= 0.3 is 0 Å². The van der Waals surface area contributed by atoms with E-state index in [2.05, 4.69) is 5.32 Å². The lowest BCUT2D eigenvalue weighted by Gasteiger charge is -2.30. The molecule has 92 valence electrons. The van der Waals surface area contributed by atoms with Gasteiger partial charge < -0.3 is 5.32 Å². The van der Waals surface area contributed by atoms with Crippen LogP contribution >= 0.6 is 0 Å². The molecule has 0 bridgehead atoms. The minimum atomic E-state index is -0.804. The molecule has 1 aliphatic rings. The summed E-state index contributed by atoms with van der Waals surface area (Å²) in [4.78, 5) is 11.5. The molecular weight excluding hydrogens is 224 g/mol. The van der Waals surface area contributed by atoms with Gasteiger partial charge in [-0.25, -0.2) is 8.78 Å². The second kappa shape index (κ2) is 4.09. The molecule has 2 unspecified atom stereocenters. The maximum absolute atomic E-state index is 13.8. The van der Waals surface area contributed by atoms with Crippen LogP contribution in [0.4, 0.5) is 8.78 Å². The van der Waals surface area contributed by atoms with Gasteiger partial charge in [0.2, 0.25) is 5.91 Å². The van der Waals surface area contributed by atoms with Gasteiger partial charge in [0.05, 0.1) is 0 Å². The Morgan fingerprint density at radius 2 is 2.00 bits per heavy atom. The van der Waals surface area contributed by atoms with E-state index < -0.39 is 17.0 Å². The second-order valence-corrected chi connectivity index (χ2v) is 4.72. The van der Waals surface area contributed by atoms with Crippen molar-refractivity contribution in [2.45, 2.75) is 38.1 Å². The van der Waals surface area contributed by atoms with Crippen molar-refractivity contribution in [3.63, 3.8) is 0 Å². The second-order valence-electron chi connectivity index (χ2n) is 4.72. The van der Waals surface area contributed by atoms with Gasteiger partial charge in [-0.15, -0.1) is 0 Å². The Morgan fingerprint density at radius 3 is 2.53 bits per heavy atom. The SMILES string of the molecule is CCC1NC(=O)CC1(C)c1c(F)cccc1F. The van der Waals surface area contributed by atoms with Gasteiger partial charge in [-0.2, -0.15) is 0 Å². The molecule has 1 fully saturated rings. The highest BCUT2D eigenvalue weighted by Gasteiger charge is 2.46. The van der Waals surface area contributed by atoms with Gasteiger partial charge in [-0.3, -0.25) is 4.79 Å². The molecule has 17 heavy (non-hydrogen) atoms. The van der Waals surface area contributed by atoms with E-state index in [4.69, 9.17) is 0 Å². The molecule has 1 aromatic rings. The van der Waals surface area contributed by atoms with Crippen LogP contribution in [0, 0.1) is 11.6 Å². The molecule has 0 radical (unpaired) electrons. The van der Waals surface area contributed by atoms with Crippen LogP contribution in [0.2, 0.25) is 0 Å². The fraction of sp³-hybridized carbons (Fsp3) is 0.462. The van der Waals surface area contributed by atoms with E-state index in [0.717, 1.165) is 0 Å². The fourth-order valence-electron chi connectivity index (χ4n) is 2.72. The minimum Gasteiger partial charge on any atom is -0.352 e. The van der Waals surface area contributed by atoms with E-state index in [1.54, 1.807) is 6.92 Å². The Morgan fingerprint density at radius 1 is 1.41 bits per heavy atom. The topological polar surface area (TPSA) is 29.1 Å². The van der Waals surface area contributed by atoms with Crippen molar-refractivity contribution in [1.82, 2.24) is 5.32 Å². The predicted octanol–water partition coefficient (Wildman–Crippen LogP) is 2.52. The Bertz CT molecular complexity index is 440. The highest BCUT2D eigenvalue weighted by atomic mass is 19.1. The van der Waals surface area contributed by atoms with Crippen molar-refractivity contribution in [2.24, 2.45) is 0 Å². The third-order valence-corrected chi connectivity index (χ3v) is 3.57. The van der Waals surface area contributed by atoms with E-state index in [-0.39, 0.29) is 23.9 Å². The number of hydrogen-bond acceptors (Lipinski definition) is 1. The highest BCUT2D eigenvalue weighted by Crippen LogP contribution is 2.39. The van der Waals surface area contributed by atoms with Crippen molar-refractivity contribution < 1.29 is 13.6 Å². The molecule has 2 atom stereocenters. The van der Waals surface area contributed by atoms with Crippen LogP contribution in [0.3, 0.4) is 0 Å². The summed E-state index contributed by atoms with van der Waals surface area (Å²) in [6.07, 6.45) is 0.777. The zero-order valence-electron chi connectivity index (χ0n) is 9.89. The number of rotatable bonds is 2. The Labute approximate surface area is 99.0 Å². The number of carbonyl (C=O) groups is 1. The predicted molar refractivity (Wildman–Crippen MR) is 60.5 cm³/mol. The highest BCUT2D eigenvalue weighted by molar-refractivity contribution is 5.81. The summed E-state index contributed by atoms with van der Waals surface area (Å²) in [5.74, 6) is -1.31. The zero-order chi connectivity index (χ0) is 12.6. The van der Waals surface area contributed by atoms with Gasteiger partial charge in [0.15, 0.2) is 0 Å². The van der Waals surface area contributed by atoms with Crippen LogP contribution in [0.1, 0.15) is 32.3 Å². The summed E-state index contributed by atoms with van der Waals surface area (Å²) in [6.45, 7) is 3.63. The van der Waals surface area contributed by atoms with Crippen molar-refractivity contribution in [1.29, 1.82) is 0 Å². The number of benzene rings is 1. The Balaban J connectivity index is 2.54. The normalized spacial score (nSPS) is 28.2. The lowest BCUT2D eigenvalue weighted by atomic mass is 9.74. The van der Waals surface area contributed by atoms with Crippen LogP contribution in [-0.2, 0) is 10.2 Å². The van der Waals surface area contributed by atoms with Crippen molar-refractivity contribution >= 4 is 5.91 Å². The largest absolute Gasteiger partial charge is 0.352 e. The van der Waals surface area contributed by atoms with Gasteiger partial charge in [0.1, 0.15) is 11.6 Å². The first-order valence-electron chi connectivity index (χ1n) is 5.73. The minimum absolute atomic E-state index is 0.0187. The number of nitrogens with one attached hydrogen (secondary N) is 1. The molecule has 1 saturated heterocycles. The lowest BCUT2D eigenvalue weighted by molar-refractivity contribution is -0.119. The van der Waals surface area contributed by atoms with Gasteiger partial charge in [0, 0.05) is 23.4 Å². The van der Waals surface area contributed by atoms with Crippen LogP contribution in [0.15, 0.2) is 18.2 Å². The third kappa shape index (κ3) is 1.81. The van der Waals surface area contributed by atoms with Crippen molar-refractivity contribution in [2.75, 3.05) is 0 Å². The molecule has 0 saturated carbocycles. The molecule has 1 heterocycles. The van der Waals surface area contributed by atoms with E-state index in [9.17, 15) is 13.6 Å². The average Bonchev–Trinajstić information content (AvgIpc) is 2.53. The van der Waals surface area contributed by atoms with Crippen LogP contribution < -0.4 is 5.32 Å². The maximum atomic E-state index is 13.8. The van der Waals surface area contributed by atoms with Crippen LogP contribution in [0.5, 0.6) is 0 Å². The summed E-state index contributed by atoms with van der Waals surface area (Å²) in [7, 11) is 0. The van der Waals surface area contributed by atoms with Crippen LogP contribution in [0.25, 0.3) is 0 Å². The first-order valence-corrected chi connectivity index (χ1v) is 5.73. The molecular formula is C13H15F2NO. The van der Waals surface area contributed by atoms with Crippen LogP contribution in [-0.4, -0.2) is 11.9 Å². The van der Waals surface area contributed by atoms with Crippen molar-refractivity contribution in [3.05, 3.63) is 35.4 Å². The maximum Gasteiger partial charge on any atom is 0.221 e. The summed E-state index contributed by atoms with van der Waals surface area (Å²) in [5.41, 5.74) is -0.786. The van der Waals surface area contributed by atoms with Gasteiger partial charge in [-0.05, 0) is 18.6 Å². The smallest absolute Gasteiger partial charge is 0.221 e. The monoisotopic (exact) mass is 239 g/mol. The molecule has 2 nitrogen and oxygen atoms in total. The standard InChI is InChI=1S/C13H15F2NO/c1-3-10-13(2,7-11(17)16-10)12-8(14)5-4-6-9(12)15/h4-6,10H,3,7H2,1-2H3,(H,16,17). The summed E-state index contributed by atoms with van der Waals surface area (Å²) < 4.78 is 27.6. The molecule has 4 heteroatoms. The Hall–Kier alpha value is -1.45. The van der Waals surface area contributed by atoms with E-state index in [1.807, 2.05) is 6.92 Å². The molecule has 0 aromatic heterocycles. The number of carbonyl (C=O) groups excluding carboxylic acids is 1. The van der Waals surface area contributed by atoms with E-state index in [0.29, 0.717) is 6.42 Å². The molecule has 2 rings (SSSR count).